The van der Waals surface area contributed by atoms with Crippen LogP contribution in [0.4, 0.5) is 0 Å². The predicted molar refractivity (Wildman–Crippen MR) is 143 cm³/mol. The standard InChI is InChI=1S/C30H40O2Si/c1-4-6-23-30(25-31-3,24-7-5-2)26-32-33(27-17-11-8-12-18-27,28-19-13-9-14-20-28)29-21-15-10-16-22-29/h8-22H,4-7,23-26H2,1-3H3. The average molecular weight is 461 g/mol. The molecule has 0 amide bonds. The third-order valence-corrected chi connectivity index (χ3v) is 10.7. The summed E-state index contributed by atoms with van der Waals surface area (Å²) in [5, 5.41) is 3.87. The second-order valence-electron chi connectivity index (χ2n) is 9.21. The van der Waals surface area contributed by atoms with E-state index in [4.69, 9.17) is 9.16 Å². The van der Waals surface area contributed by atoms with Gasteiger partial charge in [0.1, 0.15) is 0 Å². The van der Waals surface area contributed by atoms with Crippen LogP contribution in [0.2, 0.25) is 0 Å². The number of hydrogen-bond acceptors (Lipinski definition) is 2. The molecule has 0 fully saturated rings. The van der Waals surface area contributed by atoms with E-state index < -0.39 is 8.32 Å². The molecule has 0 saturated heterocycles. The van der Waals surface area contributed by atoms with E-state index in [1.165, 1.54) is 41.2 Å². The zero-order chi connectivity index (χ0) is 23.4. The molecule has 0 aliphatic rings. The molecule has 33 heavy (non-hydrogen) atoms. The van der Waals surface area contributed by atoms with Crippen LogP contribution >= 0.6 is 0 Å². The van der Waals surface area contributed by atoms with Gasteiger partial charge in [0.2, 0.25) is 0 Å². The number of hydrogen-bond donors (Lipinski definition) is 0. The largest absolute Gasteiger partial charge is 0.404 e. The van der Waals surface area contributed by atoms with Crippen LogP contribution < -0.4 is 15.6 Å². The first-order valence-electron chi connectivity index (χ1n) is 12.5. The Labute approximate surface area is 202 Å². The number of benzene rings is 3. The zero-order valence-corrected chi connectivity index (χ0v) is 21.6. The highest BCUT2D eigenvalue weighted by molar-refractivity contribution is 7.07. The van der Waals surface area contributed by atoms with Crippen LogP contribution in [0, 0.1) is 5.41 Å². The van der Waals surface area contributed by atoms with Crippen LogP contribution in [0.5, 0.6) is 0 Å². The number of rotatable bonds is 14. The monoisotopic (exact) mass is 460 g/mol. The Morgan fingerprint density at radius 2 is 1.00 bits per heavy atom. The van der Waals surface area contributed by atoms with Gasteiger partial charge in [-0.3, -0.25) is 0 Å². The molecule has 0 bridgehead atoms. The lowest BCUT2D eigenvalue weighted by atomic mass is 9.80. The van der Waals surface area contributed by atoms with Crippen molar-refractivity contribution in [3.05, 3.63) is 91.0 Å². The van der Waals surface area contributed by atoms with E-state index >= 15 is 0 Å². The molecule has 3 aromatic rings. The van der Waals surface area contributed by atoms with Gasteiger partial charge in [0.15, 0.2) is 0 Å². The summed E-state index contributed by atoms with van der Waals surface area (Å²) < 4.78 is 13.2. The Morgan fingerprint density at radius 1 is 0.606 bits per heavy atom. The summed E-state index contributed by atoms with van der Waals surface area (Å²) in [6, 6.07) is 32.6. The van der Waals surface area contributed by atoms with Crippen molar-refractivity contribution < 1.29 is 9.16 Å². The summed E-state index contributed by atoms with van der Waals surface area (Å²) in [6.07, 6.45) is 7.06. The molecular formula is C30H40O2Si. The molecule has 3 rings (SSSR count). The summed E-state index contributed by atoms with van der Waals surface area (Å²) in [7, 11) is -0.860. The molecule has 0 heterocycles. The summed E-state index contributed by atoms with van der Waals surface area (Å²) in [5.74, 6) is 0. The van der Waals surface area contributed by atoms with Gasteiger partial charge in [-0.1, -0.05) is 131 Å². The molecule has 0 radical (unpaired) electrons. The van der Waals surface area contributed by atoms with Gasteiger partial charge in [0.05, 0.1) is 6.61 Å². The number of ether oxygens (including phenoxy) is 1. The highest BCUT2D eigenvalue weighted by atomic mass is 28.4. The Hall–Kier alpha value is -2.20. The van der Waals surface area contributed by atoms with Crippen LogP contribution in [0.15, 0.2) is 91.0 Å². The lowest BCUT2D eigenvalue weighted by Gasteiger charge is -2.40. The quantitative estimate of drug-likeness (QED) is 0.227. The van der Waals surface area contributed by atoms with Crippen molar-refractivity contribution >= 4 is 23.9 Å². The van der Waals surface area contributed by atoms with Gasteiger partial charge in [-0.2, -0.15) is 0 Å². The second-order valence-corrected chi connectivity index (χ2v) is 12.6. The third-order valence-electron chi connectivity index (χ3n) is 6.71. The molecule has 0 unspecified atom stereocenters. The first kappa shape index (κ1) is 25.4. The molecule has 0 spiro atoms. The van der Waals surface area contributed by atoms with E-state index in [-0.39, 0.29) is 5.41 Å². The fourth-order valence-corrected chi connectivity index (χ4v) is 8.90. The molecule has 2 nitrogen and oxygen atoms in total. The maximum Gasteiger partial charge on any atom is 0.288 e. The van der Waals surface area contributed by atoms with Gasteiger partial charge < -0.3 is 9.16 Å². The van der Waals surface area contributed by atoms with Crippen molar-refractivity contribution in [2.24, 2.45) is 5.41 Å². The molecular weight excluding hydrogens is 420 g/mol. The summed E-state index contributed by atoms with van der Waals surface area (Å²) in [5.41, 5.74) is 0.0390. The third kappa shape index (κ3) is 6.23. The van der Waals surface area contributed by atoms with Gasteiger partial charge in [0.25, 0.3) is 8.32 Å². The minimum Gasteiger partial charge on any atom is -0.404 e. The van der Waals surface area contributed by atoms with E-state index in [1.807, 2.05) is 7.11 Å². The van der Waals surface area contributed by atoms with Crippen molar-refractivity contribution in [1.82, 2.24) is 0 Å². The lowest BCUT2D eigenvalue weighted by molar-refractivity contribution is 0.0212. The topological polar surface area (TPSA) is 18.5 Å². The van der Waals surface area contributed by atoms with Gasteiger partial charge in [-0.25, -0.2) is 0 Å². The van der Waals surface area contributed by atoms with Gasteiger partial charge in [0, 0.05) is 19.1 Å². The summed E-state index contributed by atoms with van der Waals surface area (Å²) in [4.78, 5) is 0. The van der Waals surface area contributed by atoms with Gasteiger partial charge in [-0.15, -0.1) is 0 Å². The van der Waals surface area contributed by atoms with Crippen molar-refractivity contribution in [2.45, 2.75) is 52.4 Å². The minimum absolute atomic E-state index is 0.0390. The summed E-state index contributed by atoms with van der Waals surface area (Å²) in [6.45, 7) is 6.01. The van der Waals surface area contributed by atoms with Crippen molar-refractivity contribution in [3.8, 4) is 0 Å². The van der Waals surface area contributed by atoms with Crippen LogP contribution in [0.3, 0.4) is 0 Å². The normalized spacial score (nSPS) is 12.1. The van der Waals surface area contributed by atoms with E-state index in [0.717, 1.165) is 19.4 Å². The van der Waals surface area contributed by atoms with Crippen LogP contribution in [-0.4, -0.2) is 28.6 Å². The SMILES string of the molecule is CCCCC(CCCC)(COC)CO[Si](c1ccccc1)(c1ccccc1)c1ccccc1. The highest BCUT2D eigenvalue weighted by Crippen LogP contribution is 2.33. The molecule has 0 saturated carbocycles. The van der Waals surface area contributed by atoms with Gasteiger partial charge >= 0.3 is 0 Å². The van der Waals surface area contributed by atoms with E-state index in [0.29, 0.717) is 6.61 Å². The maximum atomic E-state index is 7.36. The Bertz CT molecular complexity index is 807. The zero-order valence-electron chi connectivity index (χ0n) is 20.6. The van der Waals surface area contributed by atoms with Gasteiger partial charge in [-0.05, 0) is 28.4 Å². The number of methoxy groups -OCH3 is 1. The van der Waals surface area contributed by atoms with E-state index in [1.54, 1.807) is 0 Å². The molecule has 176 valence electrons. The van der Waals surface area contributed by atoms with Crippen molar-refractivity contribution in [2.75, 3.05) is 20.3 Å². The first-order chi connectivity index (χ1) is 16.2. The molecule has 3 aromatic carbocycles. The Morgan fingerprint density at radius 3 is 1.33 bits per heavy atom. The predicted octanol–water partition coefficient (Wildman–Crippen LogP) is 5.68. The highest BCUT2D eigenvalue weighted by Gasteiger charge is 2.44. The number of unbranched alkanes of at least 4 members (excludes halogenated alkanes) is 2. The molecule has 0 aliphatic heterocycles. The molecule has 0 atom stereocenters. The molecule has 0 N–H and O–H groups in total. The maximum absolute atomic E-state index is 7.36. The van der Waals surface area contributed by atoms with Crippen molar-refractivity contribution in [1.29, 1.82) is 0 Å². The Kier molecular flexibility index (Phi) is 9.92. The first-order valence-corrected chi connectivity index (χ1v) is 14.4. The van der Waals surface area contributed by atoms with Crippen LogP contribution in [0.1, 0.15) is 52.4 Å². The fourth-order valence-electron chi connectivity index (χ4n) is 4.90. The second kappa shape index (κ2) is 12.9. The minimum atomic E-state index is -2.70. The molecule has 0 aromatic heterocycles. The van der Waals surface area contributed by atoms with E-state index in [9.17, 15) is 0 Å². The Balaban J connectivity index is 2.12. The smallest absolute Gasteiger partial charge is 0.288 e. The van der Waals surface area contributed by atoms with E-state index in [2.05, 4.69) is 105 Å². The van der Waals surface area contributed by atoms with Crippen LogP contribution in [0.25, 0.3) is 0 Å². The lowest BCUT2D eigenvalue weighted by Crippen LogP contribution is -2.70. The molecule has 3 heteroatoms. The van der Waals surface area contributed by atoms with Crippen LogP contribution in [-0.2, 0) is 9.16 Å². The fraction of sp³-hybridized carbons (Fsp3) is 0.400. The summed E-state index contributed by atoms with van der Waals surface area (Å²) >= 11 is 0. The van der Waals surface area contributed by atoms with Crippen molar-refractivity contribution in [3.63, 3.8) is 0 Å². The molecule has 0 aliphatic carbocycles. The average Bonchev–Trinajstić information content (AvgIpc) is 2.88.